The number of nitrogens with one attached hydrogen (secondary N) is 2. The molecule has 0 aliphatic rings. The van der Waals surface area contributed by atoms with Crippen LogP contribution in [0.3, 0.4) is 0 Å². The van der Waals surface area contributed by atoms with Gasteiger partial charge in [-0.2, -0.15) is 0 Å². The molecule has 0 heterocycles. The van der Waals surface area contributed by atoms with Crippen LogP contribution in [0.5, 0.6) is 0 Å². The van der Waals surface area contributed by atoms with E-state index in [1.54, 1.807) is 24.3 Å². The van der Waals surface area contributed by atoms with Gasteiger partial charge in [0.1, 0.15) is 0 Å². The molecule has 5 heteroatoms. The molecule has 0 atom stereocenters. The summed E-state index contributed by atoms with van der Waals surface area (Å²) in [6.07, 6.45) is 1.69. The van der Waals surface area contributed by atoms with Crippen LogP contribution in [0.2, 0.25) is 0 Å². The average Bonchev–Trinajstić information content (AvgIpc) is 2.29. The summed E-state index contributed by atoms with van der Waals surface area (Å²) in [6, 6.07) is 8.95. The predicted molar refractivity (Wildman–Crippen MR) is 71.6 cm³/mol. The van der Waals surface area contributed by atoms with E-state index in [-0.39, 0.29) is 5.75 Å². The van der Waals surface area contributed by atoms with Crippen LogP contribution < -0.4 is 10.0 Å². The lowest BCUT2D eigenvalue weighted by atomic mass is 10.3. The molecule has 0 amide bonds. The molecule has 1 aromatic rings. The first-order valence-electron chi connectivity index (χ1n) is 5.90. The zero-order chi connectivity index (χ0) is 12.6. The number of hydrogen-bond donors (Lipinski definition) is 2. The summed E-state index contributed by atoms with van der Waals surface area (Å²) in [4.78, 5) is 0. The third-order valence-electron chi connectivity index (χ3n) is 2.24. The lowest BCUT2D eigenvalue weighted by Crippen LogP contribution is -2.22. The fraction of sp³-hybridized carbons (Fsp3) is 0.500. The van der Waals surface area contributed by atoms with Gasteiger partial charge in [0.25, 0.3) is 0 Å². The SMILES string of the molecule is CCCNCCCS(=O)(=O)Nc1ccccc1. The minimum Gasteiger partial charge on any atom is -0.317 e. The van der Waals surface area contributed by atoms with Gasteiger partial charge in [-0.25, -0.2) is 8.42 Å². The highest BCUT2D eigenvalue weighted by Crippen LogP contribution is 2.08. The van der Waals surface area contributed by atoms with E-state index < -0.39 is 10.0 Å². The van der Waals surface area contributed by atoms with E-state index in [0.29, 0.717) is 12.1 Å². The maximum atomic E-state index is 11.7. The monoisotopic (exact) mass is 256 g/mol. The van der Waals surface area contributed by atoms with Crippen molar-refractivity contribution in [2.45, 2.75) is 19.8 Å². The summed E-state index contributed by atoms with van der Waals surface area (Å²) < 4.78 is 25.9. The van der Waals surface area contributed by atoms with Crippen molar-refractivity contribution in [2.24, 2.45) is 0 Å². The fourth-order valence-corrected chi connectivity index (χ4v) is 2.55. The van der Waals surface area contributed by atoms with Crippen LogP contribution in [-0.4, -0.2) is 27.3 Å². The zero-order valence-corrected chi connectivity index (χ0v) is 11.0. The highest BCUT2D eigenvalue weighted by atomic mass is 32.2. The molecule has 0 saturated carbocycles. The van der Waals surface area contributed by atoms with Crippen LogP contribution in [0.25, 0.3) is 0 Å². The molecule has 0 radical (unpaired) electrons. The van der Waals surface area contributed by atoms with Crippen LogP contribution in [0.4, 0.5) is 5.69 Å². The van der Waals surface area contributed by atoms with Crippen LogP contribution in [0, 0.1) is 0 Å². The van der Waals surface area contributed by atoms with Crippen LogP contribution in [-0.2, 0) is 10.0 Å². The number of benzene rings is 1. The summed E-state index contributed by atoms with van der Waals surface area (Å²) in [7, 11) is -3.21. The Kier molecular flexibility index (Phi) is 6.00. The second-order valence-corrected chi connectivity index (χ2v) is 5.73. The number of rotatable bonds is 8. The van der Waals surface area contributed by atoms with E-state index >= 15 is 0 Å². The first-order valence-corrected chi connectivity index (χ1v) is 7.55. The molecular formula is C12H20N2O2S. The molecule has 1 aromatic carbocycles. The summed E-state index contributed by atoms with van der Waals surface area (Å²) in [5, 5.41) is 3.18. The summed E-state index contributed by atoms with van der Waals surface area (Å²) in [6.45, 7) is 3.76. The predicted octanol–water partition coefficient (Wildman–Crippen LogP) is 1.82. The molecular weight excluding hydrogens is 236 g/mol. The lowest BCUT2D eigenvalue weighted by molar-refractivity contribution is 0.593. The molecule has 0 fully saturated rings. The van der Waals surface area contributed by atoms with Crippen molar-refractivity contribution in [3.63, 3.8) is 0 Å². The maximum Gasteiger partial charge on any atom is 0.232 e. The van der Waals surface area contributed by atoms with Crippen molar-refractivity contribution in [3.8, 4) is 0 Å². The number of hydrogen-bond acceptors (Lipinski definition) is 3. The van der Waals surface area contributed by atoms with Crippen molar-refractivity contribution >= 4 is 15.7 Å². The molecule has 1 rings (SSSR count). The normalized spacial score (nSPS) is 11.4. The Morgan fingerprint density at radius 1 is 1.12 bits per heavy atom. The second-order valence-electron chi connectivity index (χ2n) is 3.89. The van der Waals surface area contributed by atoms with Gasteiger partial charge >= 0.3 is 0 Å². The molecule has 0 unspecified atom stereocenters. The summed E-state index contributed by atoms with van der Waals surface area (Å²) in [5.41, 5.74) is 0.619. The number of para-hydroxylation sites is 1. The van der Waals surface area contributed by atoms with Gasteiger partial charge in [0.05, 0.1) is 5.75 Å². The molecule has 0 aliphatic heterocycles. The molecule has 96 valence electrons. The van der Waals surface area contributed by atoms with Crippen molar-refractivity contribution in [1.29, 1.82) is 0 Å². The maximum absolute atomic E-state index is 11.7. The molecule has 0 saturated heterocycles. The average molecular weight is 256 g/mol. The van der Waals surface area contributed by atoms with Crippen molar-refractivity contribution in [2.75, 3.05) is 23.6 Å². The van der Waals surface area contributed by atoms with Crippen LogP contribution in [0.15, 0.2) is 30.3 Å². The molecule has 0 bridgehead atoms. The van der Waals surface area contributed by atoms with E-state index in [0.717, 1.165) is 19.5 Å². The Labute approximate surface area is 103 Å². The van der Waals surface area contributed by atoms with Crippen molar-refractivity contribution in [3.05, 3.63) is 30.3 Å². The number of anilines is 1. The second kappa shape index (κ2) is 7.29. The van der Waals surface area contributed by atoms with Gasteiger partial charge in [0.2, 0.25) is 10.0 Å². The summed E-state index contributed by atoms with van der Waals surface area (Å²) in [5.74, 6) is 0.151. The van der Waals surface area contributed by atoms with Gasteiger partial charge < -0.3 is 5.32 Å². The van der Waals surface area contributed by atoms with Crippen LogP contribution in [0.1, 0.15) is 19.8 Å². The topological polar surface area (TPSA) is 58.2 Å². The van der Waals surface area contributed by atoms with E-state index in [1.165, 1.54) is 0 Å². The van der Waals surface area contributed by atoms with E-state index in [9.17, 15) is 8.42 Å². The quantitative estimate of drug-likeness (QED) is 0.698. The largest absolute Gasteiger partial charge is 0.317 e. The molecule has 2 N–H and O–H groups in total. The van der Waals surface area contributed by atoms with E-state index in [2.05, 4.69) is 17.0 Å². The third kappa shape index (κ3) is 6.28. The Bertz CT molecular complexity index is 404. The highest BCUT2D eigenvalue weighted by molar-refractivity contribution is 7.92. The fourth-order valence-electron chi connectivity index (χ4n) is 1.43. The zero-order valence-electron chi connectivity index (χ0n) is 10.1. The van der Waals surface area contributed by atoms with Gasteiger partial charge in [-0.15, -0.1) is 0 Å². The first-order chi connectivity index (χ1) is 8.14. The standard InChI is InChI=1S/C12H20N2O2S/c1-2-9-13-10-6-11-17(15,16)14-12-7-4-3-5-8-12/h3-5,7-8,13-14H,2,6,9-11H2,1H3. The van der Waals surface area contributed by atoms with Gasteiger partial charge in [0.15, 0.2) is 0 Å². The van der Waals surface area contributed by atoms with Gasteiger partial charge in [-0.05, 0) is 38.1 Å². The van der Waals surface area contributed by atoms with E-state index in [1.807, 2.05) is 6.07 Å². The lowest BCUT2D eigenvalue weighted by Gasteiger charge is -2.08. The smallest absolute Gasteiger partial charge is 0.232 e. The Balaban J connectivity index is 2.32. The minimum atomic E-state index is -3.21. The van der Waals surface area contributed by atoms with Crippen molar-refractivity contribution < 1.29 is 8.42 Å². The Morgan fingerprint density at radius 3 is 2.47 bits per heavy atom. The van der Waals surface area contributed by atoms with Gasteiger partial charge in [0, 0.05) is 5.69 Å². The van der Waals surface area contributed by atoms with Crippen molar-refractivity contribution in [1.82, 2.24) is 5.32 Å². The molecule has 4 nitrogen and oxygen atoms in total. The highest BCUT2D eigenvalue weighted by Gasteiger charge is 2.09. The molecule has 0 spiro atoms. The first kappa shape index (κ1) is 14.0. The minimum absolute atomic E-state index is 0.151. The van der Waals surface area contributed by atoms with Crippen LogP contribution >= 0.6 is 0 Å². The molecule has 0 aromatic heterocycles. The molecule has 17 heavy (non-hydrogen) atoms. The molecule has 0 aliphatic carbocycles. The third-order valence-corrected chi connectivity index (χ3v) is 3.61. The summed E-state index contributed by atoms with van der Waals surface area (Å²) >= 11 is 0. The Morgan fingerprint density at radius 2 is 1.82 bits per heavy atom. The Hall–Kier alpha value is -1.07. The van der Waals surface area contributed by atoms with Gasteiger partial charge in [-0.1, -0.05) is 25.1 Å². The van der Waals surface area contributed by atoms with E-state index in [4.69, 9.17) is 0 Å². The number of sulfonamides is 1. The van der Waals surface area contributed by atoms with Gasteiger partial charge in [-0.3, -0.25) is 4.72 Å².